The van der Waals surface area contributed by atoms with Crippen molar-refractivity contribution >= 4 is 5.97 Å². The Labute approximate surface area is 96.2 Å². The highest BCUT2D eigenvalue weighted by Crippen LogP contribution is 2.57. The molecule has 16 heavy (non-hydrogen) atoms. The lowest BCUT2D eigenvalue weighted by atomic mass is 9.69. The van der Waals surface area contributed by atoms with Crippen molar-refractivity contribution in [2.45, 2.75) is 38.7 Å². The normalized spacial score (nSPS) is 38.7. The van der Waals surface area contributed by atoms with Crippen LogP contribution < -0.4 is 5.73 Å². The predicted octanol–water partition coefficient (Wildman–Crippen LogP) is 0.675. The van der Waals surface area contributed by atoms with Crippen molar-refractivity contribution in [1.82, 2.24) is 0 Å². The first-order chi connectivity index (χ1) is 7.64. The number of rotatable bonds is 4. The lowest BCUT2D eigenvalue weighted by Crippen LogP contribution is -2.50. The maximum Gasteiger partial charge on any atom is 0.335 e. The monoisotopic (exact) mass is 227 g/mol. The number of hydrogen-bond donors (Lipinski definition) is 2. The number of ether oxygens (including phenoxy) is 1. The van der Waals surface area contributed by atoms with Crippen molar-refractivity contribution in [1.29, 1.82) is 0 Å². The molecule has 0 spiro atoms. The molecule has 2 saturated carbocycles. The van der Waals surface area contributed by atoms with E-state index in [1.165, 1.54) is 6.42 Å². The third-order valence-corrected chi connectivity index (χ3v) is 4.46. The lowest BCUT2D eigenvalue weighted by molar-refractivity contribution is -0.163. The average Bonchev–Trinajstić information content (AvgIpc) is 2.88. The molecule has 0 aromatic carbocycles. The number of nitrogens with two attached hydrogens (primary N) is 1. The number of carbonyl (C=O) groups excluding carboxylic acids is 1. The summed E-state index contributed by atoms with van der Waals surface area (Å²) in [6.07, 6.45) is 3.29. The van der Waals surface area contributed by atoms with E-state index in [2.05, 4.69) is 0 Å². The summed E-state index contributed by atoms with van der Waals surface area (Å²) in [5.74, 6) is 0.556. The fourth-order valence-electron chi connectivity index (χ4n) is 3.64. The van der Waals surface area contributed by atoms with E-state index in [1.807, 2.05) is 0 Å². The zero-order valence-corrected chi connectivity index (χ0v) is 9.82. The molecule has 0 aliphatic heterocycles. The smallest absolute Gasteiger partial charge is 0.335 e. The highest BCUT2D eigenvalue weighted by Gasteiger charge is 2.56. The first-order valence-corrected chi connectivity index (χ1v) is 6.18. The van der Waals surface area contributed by atoms with Crippen LogP contribution in [0.15, 0.2) is 0 Å². The molecule has 2 aliphatic carbocycles. The molecule has 4 nitrogen and oxygen atoms in total. The molecule has 92 valence electrons. The summed E-state index contributed by atoms with van der Waals surface area (Å²) >= 11 is 0. The molecule has 4 heteroatoms. The average molecular weight is 227 g/mol. The Balaban J connectivity index is 2.13. The zero-order chi connectivity index (χ0) is 11.8. The molecular weight excluding hydrogens is 206 g/mol. The summed E-state index contributed by atoms with van der Waals surface area (Å²) < 4.78 is 4.91. The van der Waals surface area contributed by atoms with Gasteiger partial charge in [0.2, 0.25) is 0 Å². The first kappa shape index (κ1) is 11.9. The number of aliphatic hydroxyl groups is 1. The first-order valence-electron chi connectivity index (χ1n) is 6.18. The van der Waals surface area contributed by atoms with Crippen LogP contribution in [0.3, 0.4) is 0 Å². The molecule has 0 amide bonds. The van der Waals surface area contributed by atoms with Gasteiger partial charge in [-0.2, -0.15) is 0 Å². The minimum atomic E-state index is -1.03. The van der Waals surface area contributed by atoms with Crippen LogP contribution in [-0.2, 0) is 9.53 Å². The summed E-state index contributed by atoms with van der Waals surface area (Å²) in [7, 11) is 0. The van der Waals surface area contributed by atoms with E-state index in [4.69, 9.17) is 10.5 Å². The third kappa shape index (κ3) is 1.64. The molecular formula is C12H21NO3. The van der Waals surface area contributed by atoms with E-state index in [0.29, 0.717) is 25.0 Å². The van der Waals surface area contributed by atoms with Crippen LogP contribution in [-0.4, -0.2) is 30.3 Å². The number of fused-ring (bicyclic) bond motifs is 2. The maximum absolute atomic E-state index is 11.6. The Bertz CT molecular complexity index is 281. The molecule has 4 atom stereocenters. The topological polar surface area (TPSA) is 72.5 Å². The van der Waals surface area contributed by atoms with Crippen LogP contribution >= 0.6 is 0 Å². The fourth-order valence-corrected chi connectivity index (χ4v) is 3.64. The van der Waals surface area contributed by atoms with Crippen molar-refractivity contribution in [3.8, 4) is 0 Å². The zero-order valence-electron chi connectivity index (χ0n) is 9.82. The highest BCUT2D eigenvalue weighted by molar-refractivity contribution is 5.75. The summed E-state index contributed by atoms with van der Waals surface area (Å²) in [5, 5.41) is 10.2. The van der Waals surface area contributed by atoms with Crippen molar-refractivity contribution in [3.63, 3.8) is 0 Å². The summed E-state index contributed by atoms with van der Waals surface area (Å²) in [4.78, 5) is 11.6. The quantitative estimate of drug-likeness (QED) is 0.693. The van der Waals surface area contributed by atoms with E-state index >= 15 is 0 Å². The standard InChI is InChI=1S/C12H21NO3/c1-2-16-11(15)10(14)12(7-13)6-8-3-4-9(12)5-8/h8-10,14H,2-7,13H2,1H3. The maximum atomic E-state index is 11.6. The van der Waals surface area contributed by atoms with Gasteiger partial charge in [-0.15, -0.1) is 0 Å². The van der Waals surface area contributed by atoms with Crippen LogP contribution in [0.25, 0.3) is 0 Å². The molecule has 3 N–H and O–H groups in total. The molecule has 2 bridgehead atoms. The van der Waals surface area contributed by atoms with E-state index in [0.717, 1.165) is 19.3 Å². The van der Waals surface area contributed by atoms with Crippen molar-refractivity contribution in [2.24, 2.45) is 23.0 Å². The second kappa shape index (κ2) is 4.34. The van der Waals surface area contributed by atoms with Crippen LogP contribution in [0, 0.1) is 17.3 Å². The lowest BCUT2D eigenvalue weighted by Gasteiger charge is -2.39. The Kier molecular flexibility index (Phi) is 3.22. The second-order valence-corrected chi connectivity index (χ2v) is 5.17. The predicted molar refractivity (Wildman–Crippen MR) is 59.6 cm³/mol. The van der Waals surface area contributed by atoms with Crippen LogP contribution in [0.4, 0.5) is 0 Å². The van der Waals surface area contributed by atoms with Gasteiger partial charge >= 0.3 is 5.97 Å². The van der Waals surface area contributed by atoms with Crippen LogP contribution in [0.2, 0.25) is 0 Å². The van der Waals surface area contributed by atoms with E-state index in [1.54, 1.807) is 6.92 Å². The molecule has 0 saturated heterocycles. The highest BCUT2D eigenvalue weighted by atomic mass is 16.5. The van der Waals surface area contributed by atoms with Gasteiger partial charge in [-0.3, -0.25) is 0 Å². The van der Waals surface area contributed by atoms with E-state index < -0.39 is 17.5 Å². The van der Waals surface area contributed by atoms with Gasteiger partial charge in [0.15, 0.2) is 6.10 Å². The minimum Gasteiger partial charge on any atom is -0.464 e. The molecule has 2 rings (SSSR count). The minimum absolute atomic E-state index is 0.310. The van der Waals surface area contributed by atoms with Gasteiger partial charge in [0.05, 0.1) is 6.61 Å². The van der Waals surface area contributed by atoms with E-state index in [-0.39, 0.29) is 0 Å². The molecule has 0 aromatic rings. The van der Waals surface area contributed by atoms with Crippen molar-refractivity contribution in [3.05, 3.63) is 0 Å². The molecule has 0 aromatic heterocycles. The Morgan fingerprint density at radius 2 is 2.38 bits per heavy atom. The Morgan fingerprint density at radius 1 is 1.62 bits per heavy atom. The van der Waals surface area contributed by atoms with E-state index in [9.17, 15) is 9.90 Å². The third-order valence-electron chi connectivity index (χ3n) is 4.46. The molecule has 0 heterocycles. The van der Waals surface area contributed by atoms with Gasteiger partial charge in [0.25, 0.3) is 0 Å². The number of hydrogen-bond acceptors (Lipinski definition) is 4. The molecule has 2 aliphatic rings. The number of aliphatic hydroxyl groups excluding tert-OH is 1. The molecule has 4 unspecified atom stereocenters. The fraction of sp³-hybridized carbons (Fsp3) is 0.917. The van der Waals surface area contributed by atoms with Gasteiger partial charge in [-0.25, -0.2) is 4.79 Å². The van der Waals surface area contributed by atoms with Crippen LogP contribution in [0.1, 0.15) is 32.6 Å². The van der Waals surface area contributed by atoms with Gasteiger partial charge < -0.3 is 15.6 Å². The summed E-state index contributed by atoms with van der Waals surface area (Å²) in [6.45, 7) is 2.44. The number of carbonyl (C=O) groups is 1. The van der Waals surface area contributed by atoms with Crippen molar-refractivity contribution < 1.29 is 14.6 Å². The van der Waals surface area contributed by atoms with Gasteiger partial charge in [0, 0.05) is 12.0 Å². The van der Waals surface area contributed by atoms with Crippen LogP contribution in [0.5, 0.6) is 0 Å². The summed E-state index contributed by atoms with van der Waals surface area (Å²) in [6, 6.07) is 0. The Morgan fingerprint density at radius 3 is 2.81 bits per heavy atom. The van der Waals surface area contributed by atoms with Gasteiger partial charge in [-0.05, 0) is 38.0 Å². The molecule has 0 radical (unpaired) electrons. The van der Waals surface area contributed by atoms with Gasteiger partial charge in [-0.1, -0.05) is 6.42 Å². The summed E-state index contributed by atoms with van der Waals surface area (Å²) in [5.41, 5.74) is 5.41. The Hall–Kier alpha value is -0.610. The van der Waals surface area contributed by atoms with Crippen molar-refractivity contribution in [2.75, 3.05) is 13.2 Å². The largest absolute Gasteiger partial charge is 0.464 e. The second-order valence-electron chi connectivity index (χ2n) is 5.17. The SMILES string of the molecule is CCOC(=O)C(O)C1(CN)CC2CCC1C2. The molecule has 2 fully saturated rings. The number of esters is 1. The van der Waals surface area contributed by atoms with Gasteiger partial charge in [0.1, 0.15) is 0 Å².